The fourth-order valence-corrected chi connectivity index (χ4v) is 3.24. The summed E-state index contributed by atoms with van der Waals surface area (Å²) in [4.78, 5) is 6.11. The summed E-state index contributed by atoms with van der Waals surface area (Å²) in [6, 6.07) is 6.74. The molecule has 0 amide bonds. The Hall–Kier alpha value is -1.32. The lowest BCUT2D eigenvalue weighted by molar-refractivity contribution is 0.238. The Kier molecular flexibility index (Phi) is 4.08. The van der Waals surface area contributed by atoms with Crippen LogP contribution in [0.1, 0.15) is 23.2 Å². The van der Waals surface area contributed by atoms with Crippen LogP contribution >= 0.6 is 0 Å². The van der Waals surface area contributed by atoms with E-state index >= 15 is 0 Å². The van der Waals surface area contributed by atoms with Gasteiger partial charge >= 0.3 is 0 Å². The molecule has 0 unspecified atom stereocenters. The number of piperazine rings is 1. The lowest BCUT2D eigenvalue weighted by atomic mass is 10.0. The SMILES string of the molecule is Cc1ccc2c(CCCN3CCNCC3)c(C)[nH]c2c1. The quantitative estimate of drug-likeness (QED) is 0.895. The fraction of sp³-hybridized carbons (Fsp3) is 0.529. The second-order valence-corrected chi connectivity index (χ2v) is 5.97. The second-order valence-electron chi connectivity index (χ2n) is 5.97. The number of hydrogen-bond acceptors (Lipinski definition) is 2. The Morgan fingerprint density at radius 1 is 1.15 bits per heavy atom. The molecule has 0 atom stereocenters. The molecule has 2 aromatic rings. The second kappa shape index (κ2) is 5.98. The number of fused-ring (bicyclic) bond motifs is 1. The number of aryl methyl sites for hydroxylation is 3. The van der Waals surface area contributed by atoms with E-state index in [9.17, 15) is 0 Å². The van der Waals surface area contributed by atoms with Gasteiger partial charge in [0.1, 0.15) is 0 Å². The van der Waals surface area contributed by atoms with Gasteiger partial charge in [-0.05, 0) is 50.4 Å². The van der Waals surface area contributed by atoms with Crippen molar-refractivity contribution in [2.45, 2.75) is 26.7 Å². The van der Waals surface area contributed by atoms with E-state index in [1.165, 1.54) is 60.2 Å². The van der Waals surface area contributed by atoms with Gasteiger partial charge in [0.15, 0.2) is 0 Å². The molecular weight excluding hydrogens is 246 g/mol. The van der Waals surface area contributed by atoms with E-state index in [0.29, 0.717) is 0 Å². The van der Waals surface area contributed by atoms with Gasteiger partial charge in [-0.1, -0.05) is 12.1 Å². The molecule has 3 rings (SSSR count). The minimum Gasteiger partial charge on any atom is -0.358 e. The number of nitrogens with zero attached hydrogens (tertiary/aromatic N) is 1. The zero-order valence-electron chi connectivity index (χ0n) is 12.6. The molecule has 3 heteroatoms. The maximum Gasteiger partial charge on any atom is 0.0461 e. The smallest absolute Gasteiger partial charge is 0.0461 e. The summed E-state index contributed by atoms with van der Waals surface area (Å²) in [5, 5.41) is 4.82. The van der Waals surface area contributed by atoms with Gasteiger partial charge in [0.25, 0.3) is 0 Å². The predicted octanol–water partition coefficient (Wildman–Crippen LogP) is 2.62. The average molecular weight is 271 g/mol. The number of aromatic amines is 1. The van der Waals surface area contributed by atoms with Crippen LogP contribution in [0.2, 0.25) is 0 Å². The Morgan fingerprint density at radius 2 is 1.95 bits per heavy atom. The van der Waals surface area contributed by atoms with Gasteiger partial charge in [-0.2, -0.15) is 0 Å². The molecule has 108 valence electrons. The summed E-state index contributed by atoms with van der Waals surface area (Å²) in [5.74, 6) is 0. The molecule has 1 fully saturated rings. The van der Waals surface area contributed by atoms with Gasteiger partial charge in [-0.3, -0.25) is 0 Å². The fourth-order valence-electron chi connectivity index (χ4n) is 3.24. The molecule has 1 saturated heterocycles. The molecule has 20 heavy (non-hydrogen) atoms. The number of H-pyrrole nitrogens is 1. The normalized spacial score (nSPS) is 16.9. The highest BCUT2D eigenvalue weighted by Gasteiger charge is 2.11. The third-order valence-corrected chi connectivity index (χ3v) is 4.39. The number of nitrogens with one attached hydrogen (secondary N) is 2. The van der Waals surface area contributed by atoms with Crippen LogP contribution in [0.5, 0.6) is 0 Å². The van der Waals surface area contributed by atoms with Crippen LogP contribution in [-0.2, 0) is 6.42 Å². The molecule has 0 spiro atoms. The maximum absolute atomic E-state index is 3.53. The van der Waals surface area contributed by atoms with Gasteiger partial charge in [-0.15, -0.1) is 0 Å². The van der Waals surface area contributed by atoms with E-state index in [2.05, 4.69) is 47.2 Å². The highest BCUT2D eigenvalue weighted by molar-refractivity contribution is 5.85. The minimum atomic E-state index is 1.14. The lowest BCUT2D eigenvalue weighted by Gasteiger charge is -2.27. The number of rotatable bonds is 4. The first-order valence-corrected chi connectivity index (χ1v) is 7.75. The first kappa shape index (κ1) is 13.7. The third-order valence-electron chi connectivity index (χ3n) is 4.39. The largest absolute Gasteiger partial charge is 0.358 e. The monoisotopic (exact) mass is 271 g/mol. The number of hydrogen-bond donors (Lipinski definition) is 2. The topological polar surface area (TPSA) is 31.1 Å². The van der Waals surface area contributed by atoms with E-state index in [1.807, 2.05) is 0 Å². The predicted molar refractivity (Wildman–Crippen MR) is 85.4 cm³/mol. The third kappa shape index (κ3) is 2.89. The van der Waals surface area contributed by atoms with Crippen molar-refractivity contribution in [3.63, 3.8) is 0 Å². The van der Waals surface area contributed by atoms with Crippen LogP contribution in [0, 0.1) is 13.8 Å². The summed E-state index contributed by atoms with van der Waals surface area (Å²) in [6.45, 7) is 10.3. The molecule has 1 aliphatic heterocycles. The average Bonchev–Trinajstić information content (AvgIpc) is 2.75. The molecule has 3 nitrogen and oxygen atoms in total. The van der Waals surface area contributed by atoms with Gasteiger partial charge in [0.2, 0.25) is 0 Å². The number of benzene rings is 1. The minimum absolute atomic E-state index is 1.14. The van der Waals surface area contributed by atoms with E-state index in [-0.39, 0.29) is 0 Å². The van der Waals surface area contributed by atoms with Crippen LogP contribution < -0.4 is 5.32 Å². The molecule has 1 aliphatic rings. The van der Waals surface area contributed by atoms with E-state index in [0.717, 1.165) is 13.1 Å². The molecule has 1 aromatic heterocycles. The molecule has 0 saturated carbocycles. The molecule has 1 aromatic carbocycles. The van der Waals surface area contributed by atoms with Crippen LogP contribution in [0.15, 0.2) is 18.2 Å². The Balaban J connectivity index is 1.66. The van der Waals surface area contributed by atoms with Gasteiger partial charge < -0.3 is 15.2 Å². The first-order chi connectivity index (χ1) is 9.74. The van der Waals surface area contributed by atoms with Crippen LogP contribution in [-0.4, -0.2) is 42.6 Å². The molecule has 0 bridgehead atoms. The van der Waals surface area contributed by atoms with Crippen LogP contribution in [0.25, 0.3) is 10.9 Å². The summed E-state index contributed by atoms with van der Waals surface area (Å²) in [6.07, 6.45) is 2.43. The van der Waals surface area contributed by atoms with Crippen molar-refractivity contribution in [1.29, 1.82) is 0 Å². The summed E-state index contributed by atoms with van der Waals surface area (Å²) in [5.41, 5.74) is 5.46. The van der Waals surface area contributed by atoms with Crippen LogP contribution in [0.4, 0.5) is 0 Å². The van der Waals surface area contributed by atoms with Crippen molar-refractivity contribution in [3.8, 4) is 0 Å². The Morgan fingerprint density at radius 3 is 2.75 bits per heavy atom. The first-order valence-electron chi connectivity index (χ1n) is 7.75. The van der Waals surface area contributed by atoms with Crippen molar-refractivity contribution in [2.75, 3.05) is 32.7 Å². The zero-order valence-corrected chi connectivity index (χ0v) is 12.6. The van der Waals surface area contributed by atoms with Crippen molar-refractivity contribution >= 4 is 10.9 Å². The molecule has 2 heterocycles. The van der Waals surface area contributed by atoms with Crippen LogP contribution in [0.3, 0.4) is 0 Å². The van der Waals surface area contributed by atoms with E-state index in [1.54, 1.807) is 0 Å². The van der Waals surface area contributed by atoms with E-state index in [4.69, 9.17) is 0 Å². The van der Waals surface area contributed by atoms with E-state index < -0.39 is 0 Å². The molecule has 0 aliphatic carbocycles. The summed E-state index contributed by atoms with van der Waals surface area (Å²) < 4.78 is 0. The van der Waals surface area contributed by atoms with Crippen molar-refractivity contribution in [3.05, 3.63) is 35.0 Å². The van der Waals surface area contributed by atoms with Crippen molar-refractivity contribution in [2.24, 2.45) is 0 Å². The molecular formula is C17H25N3. The lowest BCUT2D eigenvalue weighted by Crippen LogP contribution is -2.43. The van der Waals surface area contributed by atoms with Gasteiger partial charge in [0, 0.05) is 42.8 Å². The van der Waals surface area contributed by atoms with Gasteiger partial charge in [0.05, 0.1) is 0 Å². The van der Waals surface area contributed by atoms with Crippen molar-refractivity contribution < 1.29 is 0 Å². The highest BCUT2D eigenvalue weighted by atomic mass is 15.2. The van der Waals surface area contributed by atoms with Gasteiger partial charge in [-0.25, -0.2) is 0 Å². The Bertz CT molecular complexity index is 579. The summed E-state index contributed by atoms with van der Waals surface area (Å²) in [7, 11) is 0. The summed E-state index contributed by atoms with van der Waals surface area (Å²) >= 11 is 0. The highest BCUT2D eigenvalue weighted by Crippen LogP contribution is 2.24. The standard InChI is InChI=1S/C17H25N3/c1-13-5-6-16-15(14(2)19-17(16)12-13)4-3-9-20-10-7-18-8-11-20/h5-6,12,18-19H,3-4,7-11H2,1-2H3. The maximum atomic E-state index is 3.53. The molecule has 0 radical (unpaired) electrons. The van der Waals surface area contributed by atoms with Crippen molar-refractivity contribution in [1.82, 2.24) is 15.2 Å². The zero-order chi connectivity index (χ0) is 13.9. The number of aromatic nitrogens is 1. The Labute approximate surface area is 121 Å². The molecule has 2 N–H and O–H groups in total.